The Morgan fingerprint density at radius 3 is 2.67 bits per heavy atom. The second kappa shape index (κ2) is 6.08. The number of hydrogen-bond donors (Lipinski definition) is 1. The molecule has 15 heavy (non-hydrogen) atoms. The first-order valence-corrected chi connectivity index (χ1v) is 5.17. The molecule has 2 N–H and O–H groups in total. The van der Waals surface area contributed by atoms with Crippen LogP contribution in [0.4, 0.5) is 0 Å². The van der Waals surface area contributed by atoms with E-state index in [4.69, 9.17) is 33.7 Å². The Balaban J connectivity index is 2.62. The maximum atomic E-state index is 11.5. The zero-order valence-corrected chi connectivity index (χ0v) is 9.52. The van der Waals surface area contributed by atoms with Crippen LogP contribution in [0.3, 0.4) is 0 Å². The number of ketones is 1. The van der Waals surface area contributed by atoms with Crippen molar-refractivity contribution in [3.63, 3.8) is 0 Å². The van der Waals surface area contributed by atoms with E-state index in [-0.39, 0.29) is 12.4 Å². The molecule has 0 radical (unpaired) electrons. The number of Topliss-reactive ketones (excluding diaryl/α,β-unsaturated/α-hetero) is 1. The van der Waals surface area contributed by atoms with Gasteiger partial charge in [-0.2, -0.15) is 0 Å². The van der Waals surface area contributed by atoms with Crippen molar-refractivity contribution < 1.29 is 9.53 Å². The van der Waals surface area contributed by atoms with Gasteiger partial charge in [0.15, 0.2) is 5.78 Å². The first-order valence-electron chi connectivity index (χ1n) is 4.41. The summed E-state index contributed by atoms with van der Waals surface area (Å²) in [5, 5.41) is 0.789. The SMILES string of the molecule is NCCOCC(=O)c1ccc(Cl)c(Cl)c1. The topological polar surface area (TPSA) is 52.3 Å². The van der Waals surface area contributed by atoms with Crippen LogP contribution in [0.25, 0.3) is 0 Å². The van der Waals surface area contributed by atoms with Crippen LogP contribution >= 0.6 is 23.2 Å². The zero-order chi connectivity index (χ0) is 11.3. The second-order valence-corrected chi connectivity index (χ2v) is 3.71. The number of rotatable bonds is 5. The summed E-state index contributed by atoms with van der Waals surface area (Å²) in [6.07, 6.45) is 0. The summed E-state index contributed by atoms with van der Waals surface area (Å²) in [7, 11) is 0. The van der Waals surface area contributed by atoms with Gasteiger partial charge < -0.3 is 10.5 Å². The summed E-state index contributed by atoms with van der Waals surface area (Å²) < 4.78 is 5.02. The van der Waals surface area contributed by atoms with E-state index in [9.17, 15) is 4.79 Å². The van der Waals surface area contributed by atoms with E-state index in [1.54, 1.807) is 12.1 Å². The van der Waals surface area contributed by atoms with Crippen molar-refractivity contribution >= 4 is 29.0 Å². The van der Waals surface area contributed by atoms with Gasteiger partial charge in [0.1, 0.15) is 6.61 Å². The highest BCUT2D eigenvalue weighted by molar-refractivity contribution is 6.42. The number of ether oxygens (including phenoxy) is 1. The molecule has 5 heteroatoms. The van der Waals surface area contributed by atoms with Gasteiger partial charge in [-0.1, -0.05) is 23.2 Å². The molecule has 0 heterocycles. The highest BCUT2D eigenvalue weighted by atomic mass is 35.5. The molecule has 0 amide bonds. The molecule has 3 nitrogen and oxygen atoms in total. The third-order valence-corrected chi connectivity index (χ3v) is 2.48. The lowest BCUT2D eigenvalue weighted by molar-refractivity contribution is 0.0774. The van der Waals surface area contributed by atoms with Crippen LogP contribution < -0.4 is 5.73 Å². The lowest BCUT2D eigenvalue weighted by Gasteiger charge is -2.03. The Labute approximate surface area is 98.1 Å². The summed E-state index contributed by atoms with van der Waals surface area (Å²) in [6, 6.07) is 4.72. The Morgan fingerprint density at radius 1 is 1.33 bits per heavy atom. The van der Waals surface area contributed by atoms with Crippen molar-refractivity contribution in [2.75, 3.05) is 19.8 Å². The standard InChI is InChI=1S/C10H11Cl2NO2/c11-8-2-1-7(5-9(8)12)10(14)6-15-4-3-13/h1-2,5H,3-4,6,13H2. The van der Waals surface area contributed by atoms with Crippen molar-refractivity contribution in [1.82, 2.24) is 0 Å². The summed E-state index contributed by atoms with van der Waals surface area (Å²) in [4.78, 5) is 11.5. The van der Waals surface area contributed by atoms with Gasteiger partial charge in [-0.3, -0.25) is 4.79 Å². The van der Waals surface area contributed by atoms with Gasteiger partial charge in [0.2, 0.25) is 0 Å². The van der Waals surface area contributed by atoms with Gasteiger partial charge in [-0.05, 0) is 18.2 Å². The molecule has 0 aliphatic carbocycles. The fraction of sp³-hybridized carbons (Fsp3) is 0.300. The van der Waals surface area contributed by atoms with Gasteiger partial charge in [-0.25, -0.2) is 0 Å². The van der Waals surface area contributed by atoms with Crippen molar-refractivity contribution in [3.8, 4) is 0 Å². The predicted octanol–water partition coefficient (Wildman–Crippen LogP) is 2.15. The molecule has 0 fully saturated rings. The number of nitrogens with two attached hydrogens (primary N) is 1. The number of halogens is 2. The van der Waals surface area contributed by atoms with Crippen molar-refractivity contribution in [1.29, 1.82) is 0 Å². The van der Waals surface area contributed by atoms with Crippen LogP contribution in [0.15, 0.2) is 18.2 Å². The van der Waals surface area contributed by atoms with Gasteiger partial charge in [0.25, 0.3) is 0 Å². The highest BCUT2D eigenvalue weighted by Gasteiger charge is 2.07. The first kappa shape index (κ1) is 12.5. The minimum atomic E-state index is -0.137. The molecule has 0 saturated carbocycles. The number of hydrogen-bond acceptors (Lipinski definition) is 3. The number of benzene rings is 1. The van der Waals surface area contributed by atoms with E-state index in [2.05, 4.69) is 0 Å². The molecule has 82 valence electrons. The molecule has 0 aliphatic rings. The Kier molecular flexibility index (Phi) is 5.05. The number of carbonyl (C=O) groups excluding carboxylic acids is 1. The van der Waals surface area contributed by atoms with Crippen LogP contribution in [0.1, 0.15) is 10.4 Å². The molecule has 1 aromatic rings. The Hall–Kier alpha value is -0.610. The van der Waals surface area contributed by atoms with Crippen LogP contribution in [0, 0.1) is 0 Å². The Morgan fingerprint density at radius 2 is 2.07 bits per heavy atom. The van der Waals surface area contributed by atoms with Crippen LogP contribution in [-0.4, -0.2) is 25.5 Å². The van der Waals surface area contributed by atoms with Gasteiger partial charge in [-0.15, -0.1) is 0 Å². The average Bonchev–Trinajstić information content (AvgIpc) is 2.22. The maximum Gasteiger partial charge on any atom is 0.188 e. The summed E-state index contributed by atoms with van der Waals surface area (Å²) in [6.45, 7) is 0.775. The largest absolute Gasteiger partial charge is 0.372 e. The molecule has 0 bridgehead atoms. The second-order valence-electron chi connectivity index (χ2n) is 2.89. The third kappa shape index (κ3) is 3.80. The van der Waals surface area contributed by atoms with Gasteiger partial charge in [0, 0.05) is 12.1 Å². The quantitative estimate of drug-likeness (QED) is 0.641. The summed E-state index contributed by atoms with van der Waals surface area (Å²) in [5.74, 6) is -0.137. The molecule has 0 unspecified atom stereocenters. The molecule has 0 spiro atoms. The Bertz CT molecular complexity index is 355. The van der Waals surface area contributed by atoms with Gasteiger partial charge >= 0.3 is 0 Å². The van der Waals surface area contributed by atoms with Crippen molar-refractivity contribution in [3.05, 3.63) is 33.8 Å². The number of carbonyl (C=O) groups is 1. The minimum Gasteiger partial charge on any atom is -0.372 e. The predicted molar refractivity (Wildman–Crippen MR) is 60.7 cm³/mol. The molecule has 0 saturated heterocycles. The van der Waals surface area contributed by atoms with E-state index in [1.807, 2.05) is 0 Å². The lowest BCUT2D eigenvalue weighted by Crippen LogP contribution is -2.14. The molecular formula is C10H11Cl2NO2. The van der Waals surface area contributed by atoms with E-state index in [0.717, 1.165) is 0 Å². The summed E-state index contributed by atoms with van der Waals surface area (Å²) >= 11 is 11.5. The summed E-state index contributed by atoms with van der Waals surface area (Å²) in [5.41, 5.74) is 5.71. The fourth-order valence-corrected chi connectivity index (χ4v) is 1.30. The molecule has 0 atom stereocenters. The van der Waals surface area contributed by atoms with E-state index in [1.165, 1.54) is 6.07 Å². The highest BCUT2D eigenvalue weighted by Crippen LogP contribution is 2.22. The van der Waals surface area contributed by atoms with E-state index in [0.29, 0.717) is 28.8 Å². The van der Waals surface area contributed by atoms with Gasteiger partial charge in [0.05, 0.1) is 16.7 Å². The van der Waals surface area contributed by atoms with Crippen LogP contribution in [-0.2, 0) is 4.74 Å². The molecule has 0 aliphatic heterocycles. The molecular weight excluding hydrogens is 237 g/mol. The van der Waals surface area contributed by atoms with Crippen molar-refractivity contribution in [2.24, 2.45) is 5.73 Å². The van der Waals surface area contributed by atoms with Crippen molar-refractivity contribution in [2.45, 2.75) is 0 Å². The normalized spacial score (nSPS) is 10.3. The fourth-order valence-electron chi connectivity index (χ4n) is 1.00. The average molecular weight is 248 g/mol. The maximum absolute atomic E-state index is 11.5. The van der Waals surface area contributed by atoms with Crippen LogP contribution in [0.5, 0.6) is 0 Å². The third-order valence-electron chi connectivity index (χ3n) is 1.74. The first-order chi connectivity index (χ1) is 7.15. The zero-order valence-electron chi connectivity index (χ0n) is 8.00. The molecule has 0 aromatic heterocycles. The minimum absolute atomic E-state index is 0.00909. The lowest BCUT2D eigenvalue weighted by atomic mass is 10.1. The van der Waals surface area contributed by atoms with Crippen LogP contribution in [0.2, 0.25) is 10.0 Å². The smallest absolute Gasteiger partial charge is 0.188 e. The monoisotopic (exact) mass is 247 g/mol. The van der Waals surface area contributed by atoms with E-state index >= 15 is 0 Å². The molecule has 1 aromatic carbocycles. The molecule has 1 rings (SSSR count). The van der Waals surface area contributed by atoms with E-state index < -0.39 is 0 Å².